The van der Waals surface area contributed by atoms with Crippen molar-refractivity contribution < 1.29 is 4.79 Å². The highest BCUT2D eigenvalue weighted by Crippen LogP contribution is 2.12. The van der Waals surface area contributed by atoms with Gasteiger partial charge in [0.25, 0.3) is 5.91 Å². The molecule has 1 aliphatic heterocycles. The predicted molar refractivity (Wildman–Crippen MR) is 68.0 cm³/mol. The maximum absolute atomic E-state index is 12.4. The summed E-state index contributed by atoms with van der Waals surface area (Å²) in [6.45, 7) is 3.91. The SMILES string of the molecule is NCCc1ccccc1C(=O)N1CCNCC1. The number of nitrogens with two attached hydrogens (primary N) is 1. The summed E-state index contributed by atoms with van der Waals surface area (Å²) in [6.07, 6.45) is 0.758. The van der Waals surface area contributed by atoms with Gasteiger partial charge in [-0.15, -0.1) is 0 Å². The monoisotopic (exact) mass is 233 g/mol. The van der Waals surface area contributed by atoms with Crippen LogP contribution < -0.4 is 11.1 Å². The highest BCUT2D eigenvalue weighted by molar-refractivity contribution is 5.95. The molecule has 0 radical (unpaired) electrons. The van der Waals surface area contributed by atoms with Crippen molar-refractivity contribution in [2.24, 2.45) is 5.73 Å². The normalized spacial score (nSPS) is 15.9. The van der Waals surface area contributed by atoms with Gasteiger partial charge in [-0.05, 0) is 24.6 Å². The van der Waals surface area contributed by atoms with Gasteiger partial charge in [0.05, 0.1) is 0 Å². The zero-order valence-corrected chi connectivity index (χ0v) is 9.98. The molecule has 1 aromatic rings. The summed E-state index contributed by atoms with van der Waals surface area (Å²) >= 11 is 0. The van der Waals surface area contributed by atoms with Crippen LogP contribution in [0.1, 0.15) is 15.9 Å². The Morgan fingerprint density at radius 3 is 2.71 bits per heavy atom. The quantitative estimate of drug-likeness (QED) is 0.786. The summed E-state index contributed by atoms with van der Waals surface area (Å²) in [5.74, 6) is 0.135. The van der Waals surface area contributed by atoms with Gasteiger partial charge in [0.2, 0.25) is 0 Å². The topological polar surface area (TPSA) is 58.4 Å². The highest BCUT2D eigenvalue weighted by Gasteiger charge is 2.19. The Kier molecular flexibility index (Phi) is 4.12. The van der Waals surface area contributed by atoms with E-state index in [1.54, 1.807) is 0 Å². The number of rotatable bonds is 3. The van der Waals surface area contributed by atoms with Gasteiger partial charge >= 0.3 is 0 Å². The summed E-state index contributed by atoms with van der Waals surface area (Å²) in [4.78, 5) is 14.3. The molecule has 92 valence electrons. The minimum atomic E-state index is 0.135. The summed E-state index contributed by atoms with van der Waals surface area (Å²) in [7, 11) is 0. The van der Waals surface area contributed by atoms with Gasteiger partial charge in [-0.2, -0.15) is 0 Å². The number of carbonyl (C=O) groups is 1. The van der Waals surface area contributed by atoms with Gasteiger partial charge in [-0.25, -0.2) is 0 Å². The van der Waals surface area contributed by atoms with E-state index >= 15 is 0 Å². The number of piperazine rings is 1. The van der Waals surface area contributed by atoms with Crippen molar-refractivity contribution in [3.63, 3.8) is 0 Å². The first-order valence-electron chi connectivity index (χ1n) is 6.11. The molecule has 1 fully saturated rings. The molecule has 0 spiro atoms. The number of nitrogens with zero attached hydrogens (tertiary/aromatic N) is 1. The van der Waals surface area contributed by atoms with Crippen LogP contribution in [0.15, 0.2) is 24.3 Å². The van der Waals surface area contributed by atoms with Crippen molar-refractivity contribution in [2.75, 3.05) is 32.7 Å². The first kappa shape index (κ1) is 12.1. The Hall–Kier alpha value is -1.39. The van der Waals surface area contributed by atoms with E-state index in [9.17, 15) is 4.79 Å². The fourth-order valence-corrected chi connectivity index (χ4v) is 2.14. The van der Waals surface area contributed by atoms with Crippen LogP contribution in [0.25, 0.3) is 0 Å². The Bertz CT molecular complexity index is 386. The average Bonchev–Trinajstić information content (AvgIpc) is 2.40. The predicted octanol–water partition coefficient (Wildman–Crippen LogP) is 0.233. The Morgan fingerprint density at radius 1 is 1.29 bits per heavy atom. The molecule has 1 heterocycles. The van der Waals surface area contributed by atoms with E-state index in [1.165, 1.54) is 0 Å². The Balaban J connectivity index is 2.17. The lowest BCUT2D eigenvalue weighted by Crippen LogP contribution is -2.46. The zero-order valence-electron chi connectivity index (χ0n) is 9.98. The maximum Gasteiger partial charge on any atom is 0.254 e. The molecule has 1 saturated heterocycles. The molecule has 3 N–H and O–H groups in total. The second kappa shape index (κ2) is 5.80. The molecule has 0 bridgehead atoms. The van der Waals surface area contributed by atoms with Crippen molar-refractivity contribution in [3.8, 4) is 0 Å². The molecule has 4 heteroatoms. The molecular weight excluding hydrogens is 214 g/mol. The molecule has 0 atom stereocenters. The number of benzene rings is 1. The molecule has 17 heavy (non-hydrogen) atoms. The lowest BCUT2D eigenvalue weighted by Gasteiger charge is -2.28. The molecular formula is C13H19N3O. The number of amides is 1. The van der Waals surface area contributed by atoms with Gasteiger partial charge in [0.15, 0.2) is 0 Å². The van der Waals surface area contributed by atoms with Gasteiger partial charge < -0.3 is 16.0 Å². The second-order valence-corrected chi connectivity index (χ2v) is 4.24. The lowest BCUT2D eigenvalue weighted by molar-refractivity contribution is 0.0734. The van der Waals surface area contributed by atoms with Gasteiger partial charge in [-0.1, -0.05) is 18.2 Å². The number of hydrogen-bond acceptors (Lipinski definition) is 3. The molecule has 4 nitrogen and oxygen atoms in total. The Labute approximate surface area is 102 Å². The Morgan fingerprint density at radius 2 is 2.00 bits per heavy atom. The number of hydrogen-bond donors (Lipinski definition) is 2. The van der Waals surface area contributed by atoms with Crippen molar-refractivity contribution in [3.05, 3.63) is 35.4 Å². The number of nitrogens with one attached hydrogen (secondary N) is 1. The third kappa shape index (κ3) is 2.84. The summed E-state index contributed by atoms with van der Waals surface area (Å²) in [5, 5.41) is 3.25. The van der Waals surface area contributed by atoms with Crippen molar-refractivity contribution in [2.45, 2.75) is 6.42 Å². The molecule has 0 unspecified atom stereocenters. The van der Waals surface area contributed by atoms with E-state index in [4.69, 9.17) is 5.73 Å². The average molecular weight is 233 g/mol. The highest BCUT2D eigenvalue weighted by atomic mass is 16.2. The van der Waals surface area contributed by atoms with Crippen molar-refractivity contribution >= 4 is 5.91 Å². The van der Waals surface area contributed by atoms with Crippen LogP contribution in [0.3, 0.4) is 0 Å². The van der Waals surface area contributed by atoms with Crippen LogP contribution in [0.2, 0.25) is 0 Å². The largest absolute Gasteiger partial charge is 0.336 e. The van der Waals surface area contributed by atoms with Gasteiger partial charge in [0.1, 0.15) is 0 Å². The third-order valence-electron chi connectivity index (χ3n) is 3.07. The van der Waals surface area contributed by atoms with Crippen LogP contribution in [0.5, 0.6) is 0 Å². The minimum Gasteiger partial charge on any atom is -0.336 e. The molecule has 2 rings (SSSR count). The van der Waals surface area contributed by atoms with E-state index in [1.807, 2.05) is 29.2 Å². The van der Waals surface area contributed by atoms with E-state index < -0.39 is 0 Å². The first-order chi connectivity index (χ1) is 8.33. The van der Waals surface area contributed by atoms with Crippen molar-refractivity contribution in [1.82, 2.24) is 10.2 Å². The minimum absolute atomic E-state index is 0.135. The summed E-state index contributed by atoms with van der Waals surface area (Å²) in [5.41, 5.74) is 7.43. The maximum atomic E-state index is 12.4. The molecule has 0 aromatic heterocycles. The van der Waals surface area contributed by atoms with E-state index in [2.05, 4.69) is 5.32 Å². The fourth-order valence-electron chi connectivity index (χ4n) is 2.14. The van der Waals surface area contributed by atoms with Crippen LogP contribution in [0.4, 0.5) is 0 Å². The van der Waals surface area contributed by atoms with Crippen LogP contribution >= 0.6 is 0 Å². The molecule has 1 aromatic carbocycles. The van der Waals surface area contributed by atoms with Gasteiger partial charge in [0, 0.05) is 31.7 Å². The molecule has 1 aliphatic rings. The van der Waals surface area contributed by atoms with Crippen LogP contribution in [-0.2, 0) is 6.42 Å². The van der Waals surface area contributed by atoms with Gasteiger partial charge in [-0.3, -0.25) is 4.79 Å². The third-order valence-corrected chi connectivity index (χ3v) is 3.07. The van der Waals surface area contributed by atoms with Crippen LogP contribution in [-0.4, -0.2) is 43.5 Å². The summed E-state index contributed by atoms with van der Waals surface area (Å²) in [6, 6.07) is 7.76. The standard InChI is InChI=1S/C13H19N3O/c14-6-5-11-3-1-2-4-12(11)13(17)16-9-7-15-8-10-16/h1-4,15H,5-10,14H2. The fraction of sp³-hybridized carbons (Fsp3) is 0.462. The summed E-state index contributed by atoms with van der Waals surface area (Å²) < 4.78 is 0. The number of carbonyl (C=O) groups excluding carboxylic acids is 1. The molecule has 0 aliphatic carbocycles. The van der Waals surface area contributed by atoms with E-state index in [0.29, 0.717) is 6.54 Å². The van der Waals surface area contributed by atoms with Crippen LogP contribution in [0, 0.1) is 0 Å². The smallest absolute Gasteiger partial charge is 0.254 e. The molecule has 0 saturated carbocycles. The lowest BCUT2D eigenvalue weighted by atomic mass is 10.0. The molecule has 1 amide bonds. The van der Waals surface area contributed by atoms with Crippen molar-refractivity contribution in [1.29, 1.82) is 0 Å². The second-order valence-electron chi connectivity index (χ2n) is 4.24. The van der Waals surface area contributed by atoms with E-state index in [0.717, 1.165) is 43.7 Å². The van der Waals surface area contributed by atoms with E-state index in [-0.39, 0.29) is 5.91 Å². The first-order valence-corrected chi connectivity index (χ1v) is 6.11. The zero-order chi connectivity index (χ0) is 12.1.